The van der Waals surface area contributed by atoms with Crippen molar-refractivity contribution in [2.24, 2.45) is 0 Å². The van der Waals surface area contributed by atoms with Crippen molar-refractivity contribution in [2.75, 3.05) is 7.11 Å². The van der Waals surface area contributed by atoms with E-state index >= 15 is 0 Å². The lowest BCUT2D eigenvalue weighted by Crippen LogP contribution is -1.99. The average molecular weight is 225 g/mol. The van der Waals surface area contributed by atoms with Gasteiger partial charge in [-0.2, -0.15) is 0 Å². The minimum atomic E-state index is 0.849. The molecule has 0 N–H and O–H groups in total. The third kappa shape index (κ3) is 2.88. The lowest BCUT2D eigenvalue weighted by atomic mass is 10.2. The van der Waals surface area contributed by atoms with Gasteiger partial charge < -0.3 is 4.74 Å². The van der Waals surface area contributed by atoms with Crippen LogP contribution in [0.15, 0.2) is 54.6 Å². The van der Waals surface area contributed by atoms with Crippen LogP contribution in [0.25, 0.3) is 0 Å². The summed E-state index contributed by atoms with van der Waals surface area (Å²) in [4.78, 5) is 0. The van der Waals surface area contributed by atoms with E-state index in [0.29, 0.717) is 0 Å². The Morgan fingerprint density at radius 1 is 1.00 bits per heavy atom. The monoisotopic (exact) mass is 225 g/mol. The Kier molecular flexibility index (Phi) is 3.46. The predicted octanol–water partition coefficient (Wildman–Crippen LogP) is 3.25. The number of nitrogens with zero attached hydrogens (tertiary/aromatic N) is 1. The van der Waals surface area contributed by atoms with Crippen LogP contribution in [0.3, 0.4) is 0 Å². The molecule has 0 saturated carbocycles. The van der Waals surface area contributed by atoms with E-state index in [9.17, 15) is 0 Å². The molecule has 0 bridgehead atoms. The molecule has 0 radical (unpaired) electrons. The van der Waals surface area contributed by atoms with E-state index in [-0.39, 0.29) is 0 Å². The molecule has 0 spiro atoms. The van der Waals surface area contributed by atoms with Gasteiger partial charge in [0.25, 0.3) is 0 Å². The van der Waals surface area contributed by atoms with Gasteiger partial charge in [-0.05, 0) is 24.3 Å². The van der Waals surface area contributed by atoms with Crippen molar-refractivity contribution in [1.82, 2.24) is 0 Å². The second-order valence-electron chi connectivity index (χ2n) is 3.71. The highest BCUT2D eigenvalue weighted by Crippen LogP contribution is 2.19. The maximum absolute atomic E-state index is 5.12. The number of hydrogen-bond donors (Lipinski definition) is 0. The van der Waals surface area contributed by atoms with E-state index in [0.717, 1.165) is 17.0 Å². The Morgan fingerprint density at radius 2 is 1.65 bits per heavy atom. The van der Waals surface area contributed by atoms with Crippen molar-refractivity contribution < 1.29 is 9.31 Å². The number of rotatable bonds is 4. The lowest BCUT2D eigenvalue weighted by Gasteiger charge is -2.07. The summed E-state index contributed by atoms with van der Waals surface area (Å²) < 4.78 is 6.96. The quantitative estimate of drug-likeness (QED) is 0.442. The molecule has 0 aliphatic carbocycles. The molecule has 0 saturated heterocycles. The second-order valence-corrected chi connectivity index (χ2v) is 3.71. The van der Waals surface area contributed by atoms with E-state index in [1.165, 1.54) is 0 Å². The maximum Gasteiger partial charge on any atom is 0.148 e. The molecule has 0 amide bonds. The number of hydrogen-bond acceptors (Lipinski definition) is 1. The SMILES string of the molecule is C=[N+]([CH-]c1ccccc1)c1ccc(OC)cc1. The first-order valence-corrected chi connectivity index (χ1v) is 5.43. The molecule has 17 heavy (non-hydrogen) atoms. The Hall–Kier alpha value is -2.22. The van der Waals surface area contributed by atoms with Crippen molar-refractivity contribution in [2.45, 2.75) is 0 Å². The zero-order valence-corrected chi connectivity index (χ0v) is 9.84. The summed E-state index contributed by atoms with van der Waals surface area (Å²) in [5, 5.41) is 0. The summed E-state index contributed by atoms with van der Waals surface area (Å²) in [6, 6.07) is 17.9. The molecule has 0 aromatic heterocycles. The Balaban J connectivity index is 2.09. The maximum atomic E-state index is 5.12. The molecule has 2 nitrogen and oxygen atoms in total. The smallest absolute Gasteiger partial charge is 0.148 e. The average Bonchev–Trinajstić information content (AvgIpc) is 2.40. The zero-order chi connectivity index (χ0) is 12.1. The molecular formula is C15H15NO. The van der Waals surface area contributed by atoms with Crippen molar-refractivity contribution in [3.63, 3.8) is 0 Å². The third-order valence-corrected chi connectivity index (χ3v) is 2.51. The van der Waals surface area contributed by atoms with Crippen LogP contribution in [0.1, 0.15) is 5.56 Å². The highest BCUT2D eigenvalue weighted by Gasteiger charge is 2.01. The van der Waals surface area contributed by atoms with Crippen LogP contribution in [0, 0.1) is 6.54 Å². The van der Waals surface area contributed by atoms with Gasteiger partial charge in [0.15, 0.2) is 0 Å². The molecular weight excluding hydrogens is 210 g/mol. The van der Waals surface area contributed by atoms with Crippen LogP contribution in [-0.4, -0.2) is 18.4 Å². The predicted molar refractivity (Wildman–Crippen MR) is 69.9 cm³/mol. The first-order valence-electron chi connectivity index (χ1n) is 5.43. The highest BCUT2D eigenvalue weighted by atomic mass is 16.5. The molecule has 0 fully saturated rings. The van der Waals surface area contributed by atoms with Crippen LogP contribution in [0.5, 0.6) is 5.75 Å². The van der Waals surface area contributed by atoms with Gasteiger partial charge in [0.2, 0.25) is 0 Å². The molecule has 0 unspecified atom stereocenters. The van der Waals surface area contributed by atoms with E-state index in [1.54, 1.807) is 7.11 Å². The van der Waals surface area contributed by atoms with Gasteiger partial charge in [0.05, 0.1) is 13.8 Å². The van der Waals surface area contributed by atoms with Crippen LogP contribution >= 0.6 is 0 Å². The summed E-state index contributed by atoms with van der Waals surface area (Å²) in [7, 11) is 1.66. The number of benzene rings is 2. The van der Waals surface area contributed by atoms with E-state index in [4.69, 9.17) is 4.74 Å². The minimum absolute atomic E-state index is 0.849. The van der Waals surface area contributed by atoms with Crippen molar-refractivity contribution in [1.29, 1.82) is 0 Å². The molecule has 2 heteroatoms. The Labute approximate surface area is 102 Å². The third-order valence-electron chi connectivity index (χ3n) is 2.51. The Morgan fingerprint density at radius 3 is 2.24 bits per heavy atom. The fraction of sp³-hybridized carbons (Fsp3) is 0.0667. The molecule has 0 heterocycles. The van der Waals surface area contributed by atoms with Gasteiger partial charge in [-0.15, -0.1) is 12.1 Å². The molecule has 86 valence electrons. The summed E-state index contributed by atoms with van der Waals surface area (Å²) >= 11 is 0. The number of ether oxygens (including phenoxy) is 1. The van der Waals surface area contributed by atoms with Crippen molar-refractivity contribution >= 4 is 12.4 Å². The van der Waals surface area contributed by atoms with Gasteiger partial charge in [0, 0.05) is 0 Å². The second kappa shape index (κ2) is 5.21. The van der Waals surface area contributed by atoms with E-state index < -0.39 is 0 Å². The normalized spacial score (nSPS) is 9.71. The van der Waals surface area contributed by atoms with Gasteiger partial charge in [0.1, 0.15) is 18.0 Å². The highest BCUT2D eigenvalue weighted by molar-refractivity contribution is 5.39. The lowest BCUT2D eigenvalue weighted by molar-refractivity contribution is -0.378. The summed E-state index contributed by atoms with van der Waals surface area (Å²) in [6.45, 7) is 5.98. The van der Waals surface area contributed by atoms with Crippen molar-refractivity contribution in [3.8, 4) is 5.75 Å². The summed E-state index contributed by atoms with van der Waals surface area (Å²) in [6.07, 6.45) is 0. The largest absolute Gasteiger partial charge is 0.497 e. The molecule has 2 aromatic carbocycles. The topological polar surface area (TPSA) is 12.2 Å². The summed E-state index contributed by atoms with van der Waals surface area (Å²) in [5.41, 5.74) is 2.15. The molecule has 0 atom stereocenters. The Bertz CT molecular complexity index is 488. The van der Waals surface area contributed by atoms with Crippen molar-refractivity contribution in [3.05, 3.63) is 66.7 Å². The first-order chi connectivity index (χ1) is 8.29. The van der Waals surface area contributed by atoms with E-state index in [1.807, 2.05) is 65.7 Å². The zero-order valence-electron chi connectivity index (χ0n) is 9.84. The fourth-order valence-corrected chi connectivity index (χ4v) is 1.57. The molecule has 2 aromatic rings. The van der Waals surface area contributed by atoms with Crippen LogP contribution in [0.4, 0.5) is 5.69 Å². The van der Waals surface area contributed by atoms with Gasteiger partial charge in [-0.3, -0.25) is 4.58 Å². The van der Waals surface area contributed by atoms with Gasteiger partial charge >= 0.3 is 0 Å². The standard InChI is InChI=1S/C15H15NO/c1-16(12-13-6-4-3-5-7-13)14-8-10-15(17-2)11-9-14/h3-12H,1H2,2H3. The molecule has 0 aliphatic heterocycles. The van der Waals surface area contributed by atoms with E-state index in [2.05, 4.69) is 6.72 Å². The molecule has 0 aliphatic rings. The number of methoxy groups -OCH3 is 1. The fourth-order valence-electron chi connectivity index (χ4n) is 1.57. The minimum Gasteiger partial charge on any atom is -0.497 e. The first kappa shape index (κ1) is 11.3. The van der Waals surface area contributed by atoms with Gasteiger partial charge in [-0.25, -0.2) is 0 Å². The molecule has 2 rings (SSSR count). The van der Waals surface area contributed by atoms with Crippen LogP contribution < -0.4 is 4.74 Å². The summed E-state index contributed by atoms with van der Waals surface area (Å²) in [5.74, 6) is 0.849. The van der Waals surface area contributed by atoms with Crippen LogP contribution in [-0.2, 0) is 0 Å². The van der Waals surface area contributed by atoms with Gasteiger partial charge in [-0.1, -0.05) is 23.8 Å². The van der Waals surface area contributed by atoms with Crippen LogP contribution in [0.2, 0.25) is 0 Å².